The highest BCUT2D eigenvalue weighted by Gasteiger charge is 2.30. The molecule has 0 saturated carbocycles. The van der Waals surface area contributed by atoms with Crippen molar-refractivity contribution in [3.63, 3.8) is 0 Å². The number of carbonyl (C=O) groups excluding carboxylic acids is 1. The standard InChI is InChI=1S/C38H77NO21/c1-32(42)2-4-49-6-8-51-10-12-53-14-16-55-18-20-57-22-24-59-26-27-60-25-23-58-21-19-56-17-15-54-13-11-52-9-7-50-5-3-39(28-33(43)37(47)35(45)30-40)29-34(44)38(48)36(46)31-41/h33-38,40-41,43-48H,2-31H2,1H3/t33-,34-,35+,36+,37+,38+/m0/s1. The van der Waals surface area contributed by atoms with E-state index in [-0.39, 0.29) is 45.2 Å². The Morgan fingerprint density at radius 3 is 0.800 bits per heavy atom. The molecule has 0 fully saturated rings. The van der Waals surface area contributed by atoms with Gasteiger partial charge < -0.3 is 97.7 Å². The molecule has 0 aromatic rings. The van der Waals surface area contributed by atoms with Crippen LogP contribution >= 0.6 is 0 Å². The van der Waals surface area contributed by atoms with Crippen molar-refractivity contribution < 1.29 is 102 Å². The smallest absolute Gasteiger partial charge is 0.132 e. The Labute approximate surface area is 354 Å². The summed E-state index contributed by atoms with van der Waals surface area (Å²) in [5.74, 6) is 0.111. The van der Waals surface area contributed by atoms with Crippen LogP contribution < -0.4 is 0 Å². The third kappa shape index (κ3) is 38.5. The van der Waals surface area contributed by atoms with E-state index in [9.17, 15) is 35.4 Å². The van der Waals surface area contributed by atoms with E-state index in [1.807, 2.05) is 0 Å². The number of ketones is 1. The summed E-state index contributed by atoms with van der Waals surface area (Å²) < 4.78 is 65.3. The van der Waals surface area contributed by atoms with Gasteiger partial charge in [0.25, 0.3) is 0 Å². The molecule has 0 aliphatic heterocycles. The number of hydrogen-bond acceptors (Lipinski definition) is 22. The van der Waals surface area contributed by atoms with Crippen LogP contribution in [-0.4, -0.2) is 280 Å². The molecule has 0 spiro atoms. The molecule has 0 amide bonds. The van der Waals surface area contributed by atoms with Gasteiger partial charge in [0.2, 0.25) is 0 Å². The van der Waals surface area contributed by atoms with Crippen molar-refractivity contribution in [2.24, 2.45) is 0 Å². The molecule has 0 aromatic carbocycles. The van der Waals surface area contributed by atoms with E-state index < -0.39 is 49.8 Å². The van der Waals surface area contributed by atoms with E-state index in [2.05, 4.69) is 0 Å². The van der Waals surface area contributed by atoms with Gasteiger partial charge in [-0.1, -0.05) is 0 Å². The predicted octanol–water partition coefficient (Wildman–Crippen LogP) is -4.38. The van der Waals surface area contributed by atoms with Crippen molar-refractivity contribution >= 4 is 5.78 Å². The predicted molar refractivity (Wildman–Crippen MR) is 212 cm³/mol. The highest BCUT2D eigenvalue weighted by molar-refractivity contribution is 5.75. The third-order valence-electron chi connectivity index (χ3n) is 8.08. The van der Waals surface area contributed by atoms with Crippen molar-refractivity contribution in [2.75, 3.05) is 191 Å². The molecule has 0 aromatic heterocycles. The molecule has 22 heteroatoms. The second-order valence-electron chi connectivity index (χ2n) is 13.2. The first kappa shape index (κ1) is 58.8. The van der Waals surface area contributed by atoms with E-state index in [0.717, 1.165) is 0 Å². The lowest BCUT2D eigenvalue weighted by molar-refractivity contribution is -0.118. The quantitative estimate of drug-likeness (QED) is 0.0268. The maximum Gasteiger partial charge on any atom is 0.132 e. The topological polar surface area (TPSA) is 293 Å². The lowest BCUT2D eigenvalue weighted by Crippen LogP contribution is -2.51. The fourth-order valence-electron chi connectivity index (χ4n) is 4.66. The molecule has 0 rings (SSSR count). The number of nitrogens with zero attached hydrogens (tertiary/aromatic N) is 1. The zero-order valence-corrected chi connectivity index (χ0v) is 35.5. The van der Waals surface area contributed by atoms with Gasteiger partial charge in [0, 0.05) is 26.1 Å². The van der Waals surface area contributed by atoms with Crippen LogP contribution in [0.4, 0.5) is 0 Å². The maximum absolute atomic E-state index is 10.8. The van der Waals surface area contributed by atoms with Gasteiger partial charge in [0.1, 0.15) is 30.2 Å². The first-order valence-corrected chi connectivity index (χ1v) is 20.6. The average molecular weight is 884 g/mol. The minimum absolute atomic E-state index is 0.111. The summed E-state index contributed by atoms with van der Waals surface area (Å²) >= 11 is 0. The Hall–Kier alpha value is -1.17. The molecule has 0 bridgehead atoms. The first-order chi connectivity index (χ1) is 29.1. The SMILES string of the molecule is CC(=O)CCOCCOCCOCCOCCOCCOCCOCCOCCOCCOCCOCCOCCN(C[C@H](O)[C@@H](O)[C@H](O)CO)C[C@H](O)[C@@H](O)[C@H](O)CO. The Morgan fingerprint density at radius 1 is 0.367 bits per heavy atom. The summed E-state index contributed by atoms with van der Waals surface area (Å²) in [5, 5.41) is 77.6. The first-order valence-electron chi connectivity index (χ1n) is 20.6. The lowest BCUT2D eigenvalue weighted by Gasteiger charge is -2.32. The lowest BCUT2D eigenvalue weighted by atomic mass is 10.1. The minimum Gasteiger partial charge on any atom is -0.394 e. The summed E-state index contributed by atoms with van der Waals surface area (Å²) in [6.45, 7) is 9.47. The third-order valence-corrected chi connectivity index (χ3v) is 8.08. The second-order valence-corrected chi connectivity index (χ2v) is 13.2. The molecule has 360 valence electrons. The van der Waals surface area contributed by atoms with Crippen LogP contribution in [0.3, 0.4) is 0 Å². The van der Waals surface area contributed by atoms with E-state index >= 15 is 0 Å². The van der Waals surface area contributed by atoms with Gasteiger partial charge in [-0.25, -0.2) is 0 Å². The monoisotopic (exact) mass is 883 g/mol. The highest BCUT2D eigenvalue weighted by Crippen LogP contribution is 2.07. The van der Waals surface area contributed by atoms with Crippen molar-refractivity contribution in [1.82, 2.24) is 4.90 Å². The zero-order chi connectivity index (χ0) is 44.3. The zero-order valence-electron chi connectivity index (χ0n) is 35.5. The summed E-state index contributed by atoms with van der Waals surface area (Å²) in [5.41, 5.74) is 0. The fraction of sp³-hybridized carbons (Fsp3) is 0.974. The van der Waals surface area contributed by atoms with Crippen LogP contribution in [0, 0.1) is 0 Å². The maximum atomic E-state index is 10.8. The molecule has 60 heavy (non-hydrogen) atoms. The molecule has 6 atom stereocenters. The number of rotatable bonds is 49. The van der Waals surface area contributed by atoms with Crippen LogP contribution in [0.15, 0.2) is 0 Å². The van der Waals surface area contributed by atoms with Crippen LogP contribution in [0.1, 0.15) is 13.3 Å². The Bertz CT molecular complexity index is 878. The van der Waals surface area contributed by atoms with Gasteiger partial charge in [0.15, 0.2) is 0 Å². The summed E-state index contributed by atoms with van der Waals surface area (Å²) in [6, 6.07) is 0. The number of aliphatic hydroxyl groups is 8. The van der Waals surface area contributed by atoms with Gasteiger partial charge in [-0.05, 0) is 6.92 Å². The Morgan fingerprint density at radius 2 is 0.583 bits per heavy atom. The van der Waals surface area contributed by atoms with Gasteiger partial charge in [0.05, 0.1) is 184 Å². The van der Waals surface area contributed by atoms with Crippen molar-refractivity contribution in [1.29, 1.82) is 0 Å². The van der Waals surface area contributed by atoms with Crippen LogP contribution in [0.5, 0.6) is 0 Å². The van der Waals surface area contributed by atoms with Gasteiger partial charge in [-0.2, -0.15) is 0 Å². The summed E-state index contributed by atoms with van der Waals surface area (Å²) in [6.07, 6.45) is -9.05. The molecule has 8 N–H and O–H groups in total. The Kier molecular flexibility index (Phi) is 43.6. The van der Waals surface area contributed by atoms with Crippen LogP contribution in [0.2, 0.25) is 0 Å². The fourth-order valence-corrected chi connectivity index (χ4v) is 4.66. The highest BCUT2D eigenvalue weighted by atomic mass is 16.6. The number of hydrogen-bond donors (Lipinski definition) is 8. The summed E-state index contributed by atoms with van der Waals surface area (Å²) in [4.78, 5) is 12.2. The van der Waals surface area contributed by atoms with Gasteiger partial charge in [-0.15, -0.1) is 0 Å². The van der Waals surface area contributed by atoms with E-state index in [1.54, 1.807) is 0 Å². The van der Waals surface area contributed by atoms with E-state index in [0.29, 0.717) is 145 Å². The molecular formula is C38H77NO21. The molecule has 0 radical (unpaired) electrons. The number of ether oxygens (including phenoxy) is 12. The van der Waals surface area contributed by atoms with Gasteiger partial charge in [-0.3, -0.25) is 9.69 Å². The van der Waals surface area contributed by atoms with E-state index in [1.165, 1.54) is 11.8 Å². The normalized spacial score (nSPS) is 15.0. The number of aliphatic hydroxyl groups excluding tert-OH is 8. The van der Waals surface area contributed by atoms with Crippen molar-refractivity contribution in [3.8, 4) is 0 Å². The second kappa shape index (κ2) is 44.4. The molecule has 0 saturated heterocycles. The van der Waals surface area contributed by atoms with Crippen molar-refractivity contribution in [3.05, 3.63) is 0 Å². The van der Waals surface area contributed by atoms with Crippen LogP contribution in [-0.2, 0) is 61.6 Å². The van der Waals surface area contributed by atoms with Crippen molar-refractivity contribution in [2.45, 2.75) is 50.0 Å². The van der Waals surface area contributed by atoms with Crippen LogP contribution in [0.25, 0.3) is 0 Å². The molecule has 0 aliphatic carbocycles. The Balaban J connectivity index is 3.50. The number of carbonyl (C=O) groups is 1. The molecule has 0 unspecified atom stereocenters. The average Bonchev–Trinajstić information content (AvgIpc) is 3.24. The molecular weight excluding hydrogens is 806 g/mol. The number of Topliss-reactive ketones (excluding diaryl/α,β-unsaturated/α-hetero) is 1. The van der Waals surface area contributed by atoms with E-state index in [4.69, 9.17) is 67.1 Å². The molecule has 0 aliphatic rings. The summed E-state index contributed by atoms with van der Waals surface area (Å²) in [7, 11) is 0. The molecule has 22 nitrogen and oxygen atoms in total. The minimum atomic E-state index is -1.66. The van der Waals surface area contributed by atoms with Gasteiger partial charge >= 0.3 is 0 Å². The molecule has 0 heterocycles. The largest absolute Gasteiger partial charge is 0.394 e.